The summed E-state index contributed by atoms with van der Waals surface area (Å²) in [5.41, 5.74) is 2.19. The highest BCUT2D eigenvalue weighted by Gasteiger charge is 2.23. The molecule has 5 N–H and O–H groups in total. The van der Waals surface area contributed by atoms with Crippen LogP contribution in [-0.4, -0.2) is 65.0 Å². The Bertz CT molecular complexity index is 463. The summed E-state index contributed by atoms with van der Waals surface area (Å²) in [5.74, 6) is 2.00. The zero-order chi connectivity index (χ0) is 17.2. The summed E-state index contributed by atoms with van der Waals surface area (Å²) in [7, 11) is 0. The molecule has 132 valence electrons. The zero-order valence-electron chi connectivity index (χ0n) is 12.8. The quantitative estimate of drug-likeness (QED) is 0.213. The van der Waals surface area contributed by atoms with E-state index in [1.807, 2.05) is 18.2 Å². The molecule has 0 unspecified atom stereocenters. The fraction of sp³-hybridized carbons (Fsp3) is 0.600. The number of hydrogen-bond donors (Lipinski definition) is 7. The van der Waals surface area contributed by atoms with Gasteiger partial charge in [0.05, 0.1) is 12.7 Å². The van der Waals surface area contributed by atoms with Crippen LogP contribution in [0.25, 0.3) is 0 Å². The molecular weight excluding hydrogens is 338 g/mol. The molecule has 0 aromatic heterocycles. The first-order chi connectivity index (χ1) is 11.0. The van der Waals surface area contributed by atoms with Crippen molar-refractivity contribution >= 4 is 25.3 Å². The Morgan fingerprint density at radius 3 is 2.35 bits per heavy atom. The van der Waals surface area contributed by atoms with Gasteiger partial charge in [-0.05, 0) is 23.3 Å². The molecule has 23 heavy (non-hydrogen) atoms. The summed E-state index contributed by atoms with van der Waals surface area (Å²) in [4.78, 5) is 0. The average molecular weight is 364 g/mol. The Morgan fingerprint density at radius 1 is 1.04 bits per heavy atom. The minimum atomic E-state index is -1.39. The molecule has 0 saturated heterocycles. The van der Waals surface area contributed by atoms with Crippen LogP contribution in [0.1, 0.15) is 11.1 Å². The molecule has 1 rings (SSSR count). The Kier molecular flexibility index (Phi) is 9.96. The van der Waals surface area contributed by atoms with Gasteiger partial charge in [-0.3, -0.25) is 0 Å². The predicted octanol–water partition coefficient (Wildman–Crippen LogP) is -0.410. The molecule has 0 spiro atoms. The maximum absolute atomic E-state index is 9.62. The van der Waals surface area contributed by atoms with Gasteiger partial charge in [-0.1, -0.05) is 6.07 Å². The number of aliphatic hydroxyl groups excluding tert-OH is 4. The van der Waals surface area contributed by atoms with Crippen LogP contribution in [0.15, 0.2) is 18.2 Å². The van der Waals surface area contributed by atoms with Crippen LogP contribution in [0, 0.1) is 0 Å². The second-order valence-electron chi connectivity index (χ2n) is 5.11. The SMILES string of the molecule is OC[C@@H](O)[C@H](O)[C@@H](O)CNCCOc1ccc(CS)c(CS)c1. The van der Waals surface area contributed by atoms with Gasteiger partial charge in [0.1, 0.15) is 24.6 Å². The number of benzene rings is 1. The fourth-order valence-electron chi connectivity index (χ4n) is 1.97. The van der Waals surface area contributed by atoms with Crippen molar-refractivity contribution in [3.05, 3.63) is 29.3 Å². The minimum absolute atomic E-state index is 0.0854. The monoisotopic (exact) mass is 363 g/mol. The van der Waals surface area contributed by atoms with Crippen molar-refractivity contribution in [2.24, 2.45) is 0 Å². The van der Waals surface area contributed by atoms with Crippen molar-refractivity contribution in [1.29, 1.82) is 0 Å². The molecule has 1 aromatic rings. The third kappa shape index (κ3) is 6.88. The van der Waals surface area contributed by atoms with Gasteiger partial charge in [0.25, 0.3) is 0 Å². The van der Waals surface area contributed by atoms with Crippen LogP contribution in [0.4, 0.5) is 0 Å². The molecule has 0 saturated carbocycles. The first kappa shape index (κ1) is 20.6. The number of nitrogens with one attached hydrogen (secondary N) is 1. The molecule has 0 amide bonds. The first-order valence-corrected chi connectivity index (χ1v) is 8.62. The van der Waals surface area contributed by atoms with E-state index in [0.717, 1.165) is 16.9 Å². The zero-order valence-corrected chi connectivity index (χ0v) is 14.6. The molecule has 0 heterocycles. The number of hydrogen-bond acceptors (Lipinski definition) is 8. The lowest BCUT2D eigenvalue weighted by molar-refractivity contribution is -0.0750. The summed E-state index contributed by atoms with van der Waals surface area (Å²) in [6.45, 7) is 0.334. The average Bonchev–Trinajstić information content (AvgIpc) is 2.59. The third-order valence-corrected chi connectivity index (χ3v) is 4.08. The molecule has 0 aliphatic heterocycles. The molecule has 0 radical (unpaired) electrons. The van der Waals surface area contributed by atoms with E-state index >= 15 is 0 Å². The normalized spacial score (nSPS) is 15.2. The van der Waals surface area contributed by atoms with Crippen molar-refractivity contribution in [3.63, 3.8) is 0 Å². The molecule has 3 atom stereocenters. The topological polar surface area (TPSA) is 102 Å². The van der Waals surface area contributed by atoms with Crippen molar-refractivity contribution < 1.29 is 25.2 Å². The number of rotatable bonds is 11. The van der Waals surface area contributed by atoms with E-state index in [0.29, 0.717) is 24.7 Å². The highest BCUT2D eigenvalue weighted by Crippen LogP contribution is 2.20. The van der Waals surface area contributed by atoms with Gasteiger partial charge < -0.3 is 30.5 Å². The Morgan fingerprint density at radius 2 is 1.74 bits per heavy atom. The largest absolute Gasteiger partial charge is 0.492 e. The van der Waals surface area contributed by atoms with Crippen LogP contribution in [0.5, 0.6) is 5.75 Å². The van der Waals surface area contributed by atoms with Crippen LogP contribution in [0.3, 0.4) is 0 Å². The first-order valence-electron chi connectivity index (χ1n) is 7.35. The summed E-state index contributed by atoms with van der Waals surface area (Å²) in [6.07, 6.45) is -3.91. The van der Waals surface area contributed by atoms with E-state index in [9.17, 15) is 15.3 Å². The highest BCUT2D eigenvalue weighted by atomic mass is 32.1. The maximum atomic E-state index is 9.62. The van der Waals surface area contributed by atoms with E-state index in [-0.39, 0.29) is 6.54 Å². The van der Waals surface area contributed by atoms with Gasteiger partial charge in [-0.2, -0.15) is 25.3 Å². The van der Waals surface area contributed by atoms with Crippen molar-refractivity contribution in [1.82, 2.24) is 5.32 Å². The van der Waals surface area contributed by atoms with Crippen molar-refractivity contribution in [2.75, 3.05) is 26.3 Å². The van der Waals surface area contributed by atoms with Gasteiger partial charge in [-0.15, -0.1) is 0 Å². The molecule has 0 aliphatic carbocycles. The summed E-state index contributed by atoms with van der Waals surface area (Å²) < 4.78 is 5.60. The molecule has 0 aliphatic rings. The van der Waals surface area contributed by atoms with Crippen LogP contribution >= 0.6 is 25.3 Å². The lowest BCUT2D eigenvalue weighted by atomic mass is 10.1. The molecule has 6 nitrogen and oxygen atoms in total. The highest BCUT2D eigenvalue weighted by molar-refractivity contribution is 7.79. The van der Waals surface area contributed by atoms with Crippen LogP contribution in [-0.2, 0) is 11.5 Å². The van der Waals surface area contributed by atoms with Crippen LogP contribution < -0.4 is 10.1 Å². The molecule has 0 fully saturated rings. The van der Waals surface area contributed by atoms with Gasteiger partial charge in [0.2, 0.25) is 0 Å². The lowest BCUT2D eigenvalue weighted by Crippen LogP contribution is -2.45. The Balaban J connectivity index is 2.30. The molecule has 0 bridgehead atoms. The molecule has 8 heteroatoms. The van der Waals surface area contributed by atoms with Gasteiger partial charge >= 0.3 is 0 Å². The third-order valence-electron chi connectivity index (χ3n) is 3.39. The van der Waals surface area contributed by atoms with Crippen LogP contribution in [0.2, 0.25) is 0 Å². The summed E-state index contributed by atoms with van der Waals surface area (Å²) in [5, 5.41) is 39.9. The number of ether oxygens (including phenoxy) is 1. The van der Waals surface area contributed by atoms with Crippen molar-refractivity contribution in [3.8, 4) is 5.75 Å². The number of aliphatic hydroxyl groups is 4. The summed E-state index contributed by atoms with van der Waals surface area (Å²) >= 11 is 8.54. The van der Waals surface area contributed by atoms with Crippen molar-refractivity contribution in [2.45, 2.75) is 29.8 Å². The van der Waals surface area contributed by atoms with E-state index in [1.54, 1.807) is 0 Å². The maximum Gasteiger partial charge on any atom is 0.119 e. The van der Waals surface area contributed by atoms with E-state index in [1.165, 1.54) is 0 Å². The number of thiol groups is 2. The molecular formula is C15H25NO5S2. The fourth-order valence-corrected chi connectivity index (χ4v) is 2.57. The van der Waals surface area contributed by atoms with Gasteiger partial charge in [0.15, 0.2) is 0 Å². The second kappa shape index (κ2) is 11.1. The van der Waals surface area contributed by atoms with Gasteiger partial charge in [-0.25, -0.2) is 0 Å². The second-order valence-corrected chi connectivity index (χ2v) is 5.74. The smallest absolute Gasteiger partial charge is 0.119 e. The Hall–Kier alpha value is -0.480. The lowest BCUT2D eigenvalue weighted by Gasteiger charge is -2.21. The molecule has 1 aromatic carbocycles. The standard InChI is InChI=1S/C15H25NO5S2/c17-7-14(19)15(20)13(18)6-16-3-4-21-12-2-1-10(8-22)11(5-12)9-23/h1-2,5,13-20,22-23H,3-4,6-9H2/t13-,14+,15+/m0/s1. The van der Waals surface area contributed by atoms with E-state index in [4.69, 9.17) is 9.84 Å². The minimum Gasteiger partial charge on any atom is -0.492 e. The van der Waals surface area contributed by atoms with E-state index < -0.39 is 24.9 Å². The Labute approximate surface area is 147 Å². The predicted molar refractivity (Wildman–Crippen MR) is 95.3 cm³/mol. The summed E-state index contributed by atoms with van der Waals surface area (Å²) in [6, 6.07) is 5.75. The van der Waals surface area contributed by atoms with E-state index in [2.05, 4.69) is 30.6 Å². The van der Waals surface area contributed by atoms with Gasteiger partial charge in [0, 0.05) is 24.6 Å².